The Bertz CT molecular complexity index is 616. The number of carboxylic acid groups (broad SMARTS) is 1. The number of fused-ring (bicyclic) bond motifs is 1. The van der Waals surface area contributed by atoms with Gasteiger partial charge in [-0.2, -0.15) is 0 Å². The molecule has 2 N–H and O–H groups in total. The molecule has 0 saturated carbocycles. The number of terminal acetylenes is 1. The van der Waals surface area contributed by atoms with Crippen LogP contribution in [-0.4, -0.2) is 29.2 Å². The highest BCUT2D eigenvalue weighted by Gasteiger charge is 2.33. The summed E-state index contributed by atoms with van der Waals surface area (Å²) in [5.41, 5.74) is 0.529. The molecule has 110 valence electrons. The molecule has 1 aliphatic rings. The smallest absolute Gasteiger partial charge is 0.323 e. The molecule has 1 atom stereocenters. The number of anilines is 1. The van der Waals surface area contributed by atoms with Crippen LogP contribution in [0, 0.1) is 12.3 Å². The van der Waals surface area contributed by atoms with E-state index < -0.39 is 17.4 Å². The second-order valence-electron chi connectivity index (χ2n) is 5.59. The van der Waals surface area contributed by atoms with E-state index in [2.05, 4.69) is 11.2 Å². The molecule has 2 rings (SSSR count). The van der Waals surface area contributed by atoms with Gasteiger partial charge in [0.25, 0.3) is 0 Å². The Morgan fingerprint density at radius 3 is 2.71 bits per heavy atom. The highest BCUT2D eigenvalue weighted by molar-refractivity contribution is 5.95. The summed E-state index contributed by atoms with van der Waals surface area (Å²) in [6, 6.07) is 6.76. The number of benzene rings is 1. The quantitative estimate of drug-likeness (QED) is 0.819. The Balaban J connectivity index is 2.32. The van der Waals surface area contributed by atoms with Crippen LogP contribution < -0.4 is 10.2 Å². The van der Waals surface area contributed by atoms with Crippen LogP contribution in [0.4, 0.5) is 10.5 Å². The molecule has 0 aromatic heterocycles. The highest BCUT2D eigenvalue weighted by Crippen LogP contribution is 2.35. The molecule has 1 aromatic rings. The lowest BCUT2D eigenvalue weighted by Gasteiger charge is -2.34. The summed E-state index contributed by atoms with van der Waals surface area (Å²) in [6.07, 6.45) is 5.76. The van der Waals surface area contributed by atoms with Gasteiger partial charge >= 0.3 is 12.0 Å². The Hall–Kier alpha value is -2.48. The van der Waals surface area contributed by atoms with E-state index in [-0.39, 0.29) is 6.03 Å². The van der Waals surface area contributed by atoms with E-state index in [1.165, 1.54) is 0 Å². The lowest BCUT2D eigenvalue weighted by atomic mass is 9.90. The lowest BCUT2D eigenvalue weighted by Crippen LogP contribution is -2.51. The molecule has 5 heteroatoms. The minimum absolute atomic E-state index is 0.311. The monoisotopic (exact) mass is 286 g/mol. The molecule has 1 heterocycles. The number of nitrogens with one attached hydrogen (secondary N) is 1. The van der Waals surface area contributed by atoms with E-state index in [1.54, 1.807) is 43.0 Å². The molecule has 21 heavy (non-hydrogen) atoms. The minimum atomic E-state index is -0.869. The Morgan fingerprint density at radius 2 is 2.10 bits per heavy atom. The van der Waals surface area contributed by atoms with Gasteiger partial charge in [0.05, 0.1) is 11.5 Å². The van der Waals surface area contributed by atoms with Gasteiger partial charge in [-0.05, 0) is 31.9 Å². The summed E-state index contributed by atoms with van der Waals surface area (Å²) < 4.78 is 0. The van der Waals surface area contributed by atoms with Crippen molar-refractivity contribution in [3.8, 4) is 12.3 Å². The van der Waals surface area contributed by atoms with Crippen LogP contribution in [0.15, 0.2) is 24.3 Å². The fourth-order valence-electron chi connectivity index (χ4n) is 2.40. The van der Waals surface area contributed by atoms with Gasteiger partial charge in [-0.3, -0.25) is 9.69 Å². The zero-order chi connectivity index (χ0) is 15.6. The lowest BCUT2D eigenvalue weighted by molar-refractivity contribution is -0.139. The highest BCUT2D eigenvalue weighted by atomic mass is 16.4. The Morgan fingerprint density at radius 1 is 1.43 bits per heavy atom. The first kappa shape index (κ1) is 14.9. The van der Waals surface area contributed by atoms with Gasteiger partial charge in [0.2, 0.25) is 0 Å². The van der Waals surface area contributed by atoms with Crippen LogP contribution in [-0.2, 0) is 4.79 Å². The number of rotatable bonds is 2. The molecule has 1 aliphatic heterocycles. The number of carbonyl (C=O) groups is 2. The third-order valence-electron chi connectivity index (χ3n) is 3.57. The van der Waals surface area contributed by atoms with Crippen molar-refractivity contribution >= 4 is 17.7 Å². The number of nitrogens with zero attached hydrogens (tertiary/aromatic N) is 1. The fraction of sp³-hybridized carbons (Fsp3) is 0.375. The summed E-state index contributed by atoms with van der Waals surface area (Å²) >= 11 is 0. The van der Waals surface area contributed by atoms with Gasteiger partial charge in [-0.1, -0.05) is 24.1 Å². The van der Waals surface area contributed by atoms with Crippen LogP contribution >= 0.6 is 0 Å². The first-order valence-corrected chi connectivity index (χ1v) is 6.75. The predicted octanol–water partition coefficient (Wildman–Crippen LogP) is 2.19. The van der Waals surface area contributed by atoms with Crippen molar-refractivity contribution in [2.24, 2.45) is 0 Å². The summed E-state index contributed by atoms with van der Waals surface area (Å²) in [5.74, 6) is 1.06. The average molecular weight is 286 g/mol. The molecule has 0 aliphatic carbocycles. The molecule has 0 spiro atoms. The van der Waals surface area contributed by atoms with E-state index in [4.69, 9.17) is 6.42 Å². The van der Waals surface area contributed by atoms with Gasteiger partial charge in [-0.15, -0.1) is 6.42 Å². The zero-order valence-electron chi connectivity index (χ0n) is 12.1. The topological polar surface area (TPSA) is 69.6 Å². The molecular weight excluding hydrogens is 268 g/mol. The number of hydrogen-bond acceptors (Lipinski definition) is 2. The van der Waals surface area contributed by atoms with Crippen LogP contribution in [0.25, 0.3) is 0 Å². The van der Waals surface area contributed by atoms with Crippen LogP contribution in [0.3, 0.4) is 0 Å². The molecule has 1 aromatic carbocycles. The van der Waals surface area contributed by atoms with Crippen molar-refractivity contribution < 1.29 is 14.7 Å². The third kappa shape index (κ3) is 3.00. The van der Waals surface area contributed by atoms with Gasteiger partial charge in [-0.25, -0.2) is 4.79 Å². The molecule has 1 unspecified atom stereocenters. The first-order valence-electron chi connectivity index (χ1n) is 6.75. The van der Waals surface area contributed by atoms with Crippen molar-refractivity contribution in [1.29, 1.82) is 0 Å². The molecule has 0 fully saturated rings. The van der Waals surface area contributed by atoms with Crippen molar-refractivity contribution in [3.63, 3.8) is 0 Å². The van der Waals surface area contributed by atoms with E-state index in [9.17, 15) is 14.7 Å². The number of urea groups is 1. The summed E-state index contributed by atoms with van der Waals surface area (Å²) in [6.45, 7) is 3.82. The minimum Gasteiger partial charge on any atom is -0.481 e. The maximum absolute atomic E-state index is 12.4. The molecular formula is C16H18N2O3. The Labute approximate surface area is 124 Å². The summed E-state index contributed by atoms with van der Waals surface area (Å²) in [4.78, 5) is 25.3. The van der Waals surface area contributed by atoms with Crippen LogP contribution in [0.1, 0.15) is 31.7 Å². The predicted molar refractivity (Wildman–Crippen MR) is 80.2 cm³/mol. The number of aliphatic carboxylic acids is 1. The van der Waals surface area contributed by atoms with Crippen molar-refractivity contribution in [3.05, 3.63) is 29.8 Å². The molecule has 5 nitrogen and oxygen atoms in total. The van der Waals surface area contributed by atoms with Crippen LogP contribution in [0.5, 0.6) is 0 Å². The third-order valence-corrected chi connectivity index (χ3v) is 3.57. The number of para-hydroxylation sites is 1. The van der Waals surface area contributed by atoms with E-state index in [1.807, 2.05) is 0 Å². The zero-order valence-corrected chi connectivity index (χ0v) is 12.1. The number of carboxylic acids is 1. The number of carbonyl (C=O) groups excluding carboxylic acids is 1. The first-order chi connectivity index (χ1) is 9.85. The second kappa shape index (κ2) is 5.49. The van der Waals surface area contributed by atoms with Crippen LogP contribution in [0.2, 0.25) is 0 Å². The van der Waals surface area contributed by atoms with E-state index in [0.29, 0.717) is 24.2 Å². The molecule has 0 saturated heterocycles. The summed E-state index contributed by atoms with van der Waals surface area (Å²) in [7, 11) is 0. The summed E-state index contributed by atoms with van der Waals surface area (Å²) in [5, 5.41) is 12.1. The van der Waals surface area contributed by atoms with Gasteiger partial charge in [0.15, 0.2) is 0 Å². The normalized spacial score (nSPS) is 17.6. The SMILES string of the molecule is C#CC(C)(C)NC(=O)N1CCC(C(=O)O)c2ccccc21. The number of hydrogen-bond donors (Lipinski definition) is 2. The fourth-order valence-corrected chi connectivity index (χ4v) is 2.40. The Kier molecular flexibility index (Phi) is 3.90. The van der Waals surface area contributed by atoms with E-state index >= 15 is 0 Å². The van der Waals surface area contributed by atoms with Gasteiger partial charge in [0.1, 0.15) is 0 Å². The molecule has 2 amide bonds. The molecule has 0 radical (unpaired) electrons. The van der Waals surface area contributed by atoms with E-state index in [0.717, 1.165) is 0 Å². The largest absolute Gasteiger partial charge is 0.481 e. The maximum atomic E-state index is 12.4. The van der Waals surface area contributed by atoms with Gasteiger partial charge in [0, 0.05) is 12.2 Å². The number of amides is 2. The van der Waals surface area contributed by atoms with Crippen molar-refractivity contribution in [2.45, 2.75) is 31.7 Å². The van der Waals surface area contributed by atoms with Crippen molar-refractivity contribution in [1.82, 2.24) is 5.32 Å². The maximum Gasteiger partial charge on any atom is 0.323 e. The second-order valence-corrected chi connectivity index (χ2v) is 5.59. The molecule has 0 bridgehead atoms. The van der Waals surface area contributed by atoms with Crippen molar-refractivity contribution in [2.75, 3.05) is 11.4 Å². The standard InChI is InChI=1S/C16H18N2O3/c1-4-16(2,3)17-15(21)18-10-9-12(14(19)20)11-7-5-6-8-13(11)18/h1,5-8,12H,9-10H2,2-3H3,(H,17,21)(H,19,20). The van der Waals surface area contributed by atoms with Gasteiger partial charge < -0.3 is 10.4 Å². The average Bonchev–Trinajstić information content (AvgIpc) is 2.45.